The Bertz CT molecular complexity index is 937. The average Bonchev–Trinajstić information content (AvgIpc) is 2.90. The summed E-state index contributed by atoms with van der Waals surface area (Å²) < 4.78 is 11.6. The van der Waals surface area contributed by atoms with Gasteiger partial charge in [-0.05, 0) is 12.1 Å². The van der Waals surface area contributed by atoms with Gasteiger partial charge in [-0.1, -0.05) is 12.1 Å². The van der Waals surface area contributed by atoms with Gasteiger partial charge in [0.15, 0.2) is 12.0 Å². The first-order valence-electron chi connectivity index (χ1n) is 8.10. The molecule has 0 amide bonds. The quantitative estimate of drug-likeness (QED) is 0.456. The van der Waals surface area contributed by atoms with Crippen molar-refractivity contribution in [2.45, 2.75) is 24.5 Å². The maximum atomic E-state index is 12.0. The molecule has 4 N–H and O–H groups in total. The molecule has 0 bridgehead atoms. The van der Waals surface area contributed by atoms with Gasteiger partial charge in [0, 0.05) is 12.3 Å². The number of aromatic amines is 1. The van der Waals surface area contributed by atoms with Crippen molar-refractivity contribution in [1.29, 1.82) is 0 Å². The molecule has 3 rings (SSSR count). The molecule has 144 valence electrons. The number of hydrogen-bond donors (Lipinski definition) is 4. The number of aromatic nitrogens is 2. The van der Waals surface area contributed by atoms with E-state index in [1.807, 2.05) is 4.98 Å². The van der Waals surface area contributed by atoms with Crippen molar-refractivity contribution in [2.24, 2.45) is 0 Å². The van der Waals surface area contributed by atoms with Gasteiger partial charge in [0.05, 0.1) is 12.2 Å². The number of nitrogens with one attached hydrogen (secondary N) is 1. The fourth-order valence-corrected chi connectivity index (χ4v) is 2.78. The molecular weight excluding hydrogens is 360 g/mol. The van der Waals surface area contributed by atoms with Crippen LogP contribution in [0.25, 0.3) is 0 Å². The van der Waals surface area contributed by atoms with E-state index in [4.69, 9.17) is 9.47 Å². The number of benzene rings is 1. The van der Waals surface area contributed by atoms with E-state index in [9.17, 15) is 29.7 Å². The minimum atomic E-state index is -1.43. The van der Waals surface area contributed by atoms with E-state index >= 15 is 0 Å². The van der Waals surface area contributed by atoms with Gasteiger partial charge < -0.3 is 24.8 Å². The van der Waals surface area contributed by atoms with Gasteiger partial charge in [-0.15, -0.1) is 0 Å². The number of aromatic hydroxyl groups is 1. The number of hydrogen-bond acceptors (Lipinski definition) is 8. The highest BCUT2D eigenvalue weighted by Gasteiger charge is 2.44. The molecule has 10 nitrogen and oxygen atoms in total. The number of para-hydroxylation sites is 1. The van der Waals surface area contributed by atoms with Gasteiger partial charge >= 0.3 is 5.69 Å². The van der Waals surface area contributed by atoms with Crippen molar-refractivity contribution in [3.63, 3.8) is 0 Å². The van der Waals surface area contributed by atoms with Gasteiger partial charge in [-0.25, -0.2) is 4.79 Å². The molecule has 0 unspecified atom stereocenters. The molecule has 1 aliphatic heterocycles. The van der Waals surface area contributed by atoms with Crippen LogP contribution in [0.15, 0.2) is 46.1 Å². The van der Waals surface area contributed by atoms with Crippen LogP contribution in [0, 0.1) is 0 Å². The lowest BCUT2D eigenvalue weighted by Crippen LogP contribution is -2.37. The Balaban J connectivity index is 1.61. The van der Waals surface area contributed by atoms with Crippen LogP contribution in [-0.2, 0) is 9.47 Å². The van der Waals surface area contributed by atoms with Crippen LogP contribution in [0.4, 0.5) is 0 Å². The zero-order chi connectivity index (χ0) is 19.6. The van der Waals surface area contributed by atoms with Crippen molar-refractivity contribution < 1.29 is 29.6 Å². The predicted octanol–water partition coefficient (Wildman–Crippen LogP) is -1.24. The molecule has 1 fully saturated rings. The van der Waals surface area contributed by atoms with E-state index in [0.29, 0.717) is 0 Å². The van der Waals surface area contributed by atoms with Gasteiger partial charge in [0.1, 0.15) is 30.7 Å². The highest BCUT2D eigenvalue weighted by molar-refractivity contribution is 5.99. The number of phenols is 1. The Kier molecular flexibility index (Phi) is 5.51. The van der Waals surface area contributed by atoms with E-state index in [1.54, 1.807) is 12.1 Å². The summed E-state index contributed by atoms with van der Waals surface area (Å²) in [7, 11) is 0. The predicted molar refractivity (Wildman–Crippen MR) is 90.5 cm³/mol. The lowest BCUT2D eigenvalue weighted by molar-refractivity contribution is -0.0658. The van der Waals surface area contributed by atoms with E-state index in [1.165, 1.54) is 12.1 Å². The topological polar surface area (TPSA) is 151 Å². The van der Waals surface area contributed by atoms with Crippen molar-refractivity contribution in [3.05, 3.63) is 62.9 Å². The largest absolute Gasteiger partial charge is 0.507 e. The molecule has 27 heavy (non-hydrogen) atoms. The molecule has 1 aliphatic rings. The van der Waals surface area contributed by atoms with Crippen molar-refractivity contribution in [2.75, 3.05) is 13.2 Å². The molecule has 0 aliphatic carbocycles. The maximum absolute atomic E-state index is 12.0. The molecule has 2 heterocycles. The smallest absolute Gasteiger partial charge is 0.330 e. The fourth-order valence-electron chi connectivity index (χ4n) is 2.78. The number of nitrogens with zero attached hydrogens (tertiary/aromatic N) is 1. The third-order valence-electron chi connectivity index (χ3n) is 4.18. The molecule has 0 spiro atoms. The van der Waals surface area contributed by atoms with Gasteiger partial charge in [-0.2, -0.15) is 0 Å². The van der Waals surface area contributed by atoms with Crippen molar-refractivity contribution >= 4 is 5.78 Å². The number of rotatable bonds is 6. The molecule has 1 aromatic heterocycles. The zero-order valence-corrected chi connectivity index (χ0v) is 14.0. The summed E-state index contributed by atoms with van der Waals surface area (Å²) in [6.45, 7) is -0.602. The van der Waals surface area contributed by atoms with Gasteiger partial charge in [0.25, 0.3) is 5.56 Å². The number of aliphatic hydroxyl groups excluding tert-OH is 2. The molecule has 1 aromatic carbocycles. The lowest BCUT2D eigenvalue weighted by Gasteiger charge is -2.16. The minimum Gasteiger partial charge on any atom is -0.507 e. The Morgan fingerprint density at radius 1 is 1.19 bits per heavy atom. The lowest BCUT2D eigenvalue weighted by atomic mass is 10.1. The van der Waals surface area contributed by atoms with E-state index in [0.717, 1.165) is 16.8 Å². The molecule has 2 aromatic rings. The monoisotopic (exact) mass is 378 g/mol. The summed E-state index contributed by atoms with van der Waals surface area (Å²) in [6, 6.07) is 7.08. The number of H-pyrrole nitrogens is 1. The zero-order valence-electron chi connectivity index (χ0n) is 14.0. The second kappa shape index (κ2) is 7.84. The Morgan fingerprint density at radius 3 is 2.63 bits per heavy atom. The Labute approximate surface area is 152 Å². The second-order valence-electron chi connectivity index (χ2n) is 6.02. The molecule has 0 saturated carbocycles. The first-order valence-corrected chi connectivity index (χ1v) is 8.10. The van der Waals surface area contributed by atoms with Crippen LogP contribution in [0.3, 0.4) is 0 Å². The molecular formula is C17H18N2O8. The number of ketones is 1. The molecule has 0 radical (unpaired) electrons. The van der Waals surface area contributed by atoms with Crippen molar-refractivity contribution in [1.82, 2.24) is 9.55 Å². The highest BCUT2D eigenvalue weighted by atomic mass is 16.6. The van der Waals surface area contributed by atoms with Crippen LogP contribution in [0.5, 0.6) is 5.75 Å². The molecule has 4 atom stereocenters. The fraction of sp³-hybridized carbons (Fsp3) is 0.353. The normalized spacial score (nSPS) is 24.8. The molecule has 1 saturated heterocycles. The Morgan fingerprint density at radius 2 is 1.93 bits per heavy atom. The van der Waals surface area contributed by atoms with E-state index < -0.39 is 41.6 Å². The Hall–Kier alpha value is -2.79. The number of carbonyl (C=O) groups is 1. The summed E-state index contributed by atoms with van der Waals surface area (Å²) in [5, 5.41) is 29.9. The summed E-state index contributed by atoms with van der Waals surface area (Å²) in [6.07, 6.45) is -3.87. The first kappa shape index (κ1) is 19.0. The highest BCUT2D eigenvalue weighted by Crippen LogP contribution is 2.28. The molecule has 10 heteroatoms. The van der Waals surface area contributed by atoms with Crippen LogP contribution >= 0.6 is 0 Å². The number of phenolic OH excluding ortho intramolecular Hbond substituents is 1. The van der Waals surface area contributed by atoms with Crippen LogP contribution in [0.1, 0.15) is 16.6 Å². The average molecular weight is 378 g/mol. The number of carbonyl (C=O) groups excluding carboxylic acids is 1. The van der Waals surface area contributed by atoms with Crippen LogP contribution < -0.4 is 11.2 Å². The summed E-state index contributed by atoms with van der Waals surface area (Å²) in [5.41, 5.74) is -1.30. The van der Waals surface area contributed by atoms with Crippen LogP contribution in [0.2, 0.25) is 0 Å². The summed E-state index contributed by atoms with van der Waals surface area (Å²) in [5.74, 6) is -0.634. The van der Waals surface area contributed by atoms with E-state index in [-0.39, 0.29) is 24.5 Å². The third kappa shape index (κ3) is 3.98. The SMILES string of the molecule is O=C(COC[C@H]1O[C@@H](n2ccc(=O)[nH]c2=O)[C@H](O)[C@@H]1O)c1ccccc1O. The number of Topliss-reactive ketones (excluding diaryl/α,β-unsaturated/α-hetero) is 1. The van der Waals surface area contributed by atoms with Gasteiger partial charge in [0.2, 0.25) is 0 Å². The third-order valence-corrected chi connectivity index (χ3v) is 4.18. The summed E-state index contributed by atoms with van der Waals surface area (Å²) >= 11 is 0. The van der Waals surface area contributed by atoms with E-state index in [2.05, 4.69) is 0 Å². The van der Waals surface area contributed by atoms with Crippen molar-refractivity contribution in [3.8, 4) is 5.75 Å². The maximum Gasteiger partial charge on any atom is 0.330 e. The standard InChI is InChI=1S/C17H18N2O8/c20-10-4-2-1-3-9(10)11(21)7-26-8-12-14(23)15(24)16(27-12)19-6-5-13(22)18-17(19)25/h1-6,12,14-16,20,23-24H,7-8H2,(H,18,22,25)/t12-,14-,15-,16-/m1/s1. The van der Waals surface area contributed by atoms with Crippen LogP contribution in [-0.4, -0.2) is 62.2 Å². The summed E-state index contributed by atoms with van der Waals surface area (Å²) in [4.78, 5) is 37.0. The van der Waals surface area contributed by atoms with Gasteiger partial charge in [-0.3, -0.25) is 19.1 Å². The number of aliphatic hydroxyl groups is 2. The second-order valence-corrected chi connectivity index (χ2v) is 6.02. The number of ether oxygens (including phenoxy) is 2. The minimum absolute atomic E-state index is 0.100. The first-order chi connectivity index (χ1) is 12.9.